The average molecular weight is 678 g/mol. The fourth-order valence-electron chi connectivity index (χ4n) is 7.72. The summed E-state index contributed by atoms with van der Waals surface area (Å²) >= 11 is 0. The molecule has 1 saturated heterocycles. The minimum absolute atomic E-state index is 0.0634. The Morgan fingerprint density at radius 3 is 2.12 bits per heavy atom. The van der Waals surface area contributed by atoms with Crippen molar-refractivity contribution in [2.45, 2.75) is 56.8 Å². The van der Waals surface area contributed by atoms with Crippen LogP contribution in [0.15, 0.2) is 109 Å². The molecule has 2 aliphatic heterocycles. The second kappa shape index (κ2) is 14.1. The van der Waals surface area contributed by atoms with Gasteiger partial charge in [-0.15, -0.1) is 0 Å². The van der Waals surface area contributed by atoms with Crippen molar-refractivity contribution in [3.8, 4) is 0 Å². The number of ether oxygens (including phenoxy) is 1. The Labute approximate surface area is 288 Å². The van der Waals surface area contributed by atoms with Crippen LogP contribution in [0.5, 0.6) is 0 Å². The van der Waals surface area contributed by atoms with Crippen molar-refractivity contribution in [1.29, 1.82) is 0 Å². The Kier molecular flexibility index (Phi) is 9.85. The summed E-state index contributed by atoms with van der Waals surface area (Å²) in [6.45, 7) is 6.14. The molecule has 0 unspecified atom stereocenters. The van der Waals surface area contributed by atoms with Gasteiger partial charge in [-0.2, -0.15) is 0 Å². The molecule has 2 aliphatic rings. The summed E-state index contributed by atoms with van der Waals surface area (Å²) in [5.41, 5.74) is 2.40. The molecule has 4 atom stereocenters. The summed E-state index contributed by atoms with van der Waals surface area (Å²) in [7, 11) is -3.06. The third kappa shape index (κ3) is 6.57. The van der Waals surface area contributed by atoms with Gasteiger partial charge in [0.1, 0.15) is 0 Å². The maximum absolute atomic E-state index is 14.9. The molecule has 6 rings (SSSR count). The van der Waals surface area contributed by atoms with Crippen molar-refractivity contribution in [3.63, 3.8) is 0 Å². The van der Waals surface area contributed by atoms with Crippen molar-refractivity contribution in [2.75, 3.05) is 23.0 Å². The van der Waals surface area contributed by atoms with E-state index in [-0.39, 0.29) is 31.4 Å². The Morgan fingerprint density at radius 2 is 1.53 bits per heavy atom. The van der Waals surface area contributed by atoms with E-state index < -0.39 is 31.5 Å². The van der Waals surface area contributed by atoms with Crippen molar-refractivity contribution in [2.24, 2.45) is 5.92 Å². The highest BCUT2D eigenvalue weighted by atomic mass is 28.4. The number of hydrogen-bond donors (Lipinski definition) is 2. The first-order valence-electron chi connectivity index (χ1n) is 16.7. The Morgan fingerprint density at radius 1 is 0.918 bits per heavy atom. The Hall–Kier alpha value is -4.61. The first-order valence-corrected chi connectivity index (χ1v) is 19.7. The van der Waals surface area contributed by atoms with Crippen LogP contribution in [0.3, 0.4) is 0 Å². The lowest BCUT2D eigenvalue weighted by Gasteiger charge is -2.33. The number of aliphatic hydroxyl groups is 1. The van der Waals surface area contributed by atoms with Gasteiger partial charge in [0.05, 0.1) is 31.4 Å². The number of carbonyl (C=O) groups is 3. The third-order valence-electron chi connectivity index (χ3n) is 9.88. The van der Waals surface area contributed by atoms with E-state index in [0.29, 0.717) is 35.7 Å². The van der Waals surface area contributed by atoms with Gasteiger partial charge in [0, 0.05) is 41.5 Å². The van der Waals surface area contributed by atoms with E-state index in [0.717, 1.165) is 17.5 Å². The first kappa shape index (κ1) is 34.3. The van der Waals surface area contributed by atoms with E-state index in [2.05, 4.69) is 0 Å². The molecule has 3 amide bonds. The third-order valence-corrected chi connectivity index (χ3v) is 12.4. The second-order valence-corrected chi connectivity index (χ2v) is 17.5. The number of amides is 3. The molecule has 1 fully saturated rings. The zero-order valence-electron chi connectivity index (χ0n) is 28.1. The number of para-hydroxylation sites is 1. The lowest BCUT2D eigenvalue weighted by molar-refractivity contribution is -0.150. The lowest BCUT2D eigenvalue weighted by Crippen LogP contribution is -2.46. The maximum atomic E-state index is 14.9. The van der Waals surface area contributed by atoms with Crippen molar-refractivity contribution < 1.29 is 29.0 Å². The molecular formula is C39H43N3O6Si. The van der Waals surface area contributed by atoms with Crippen LogP contribution in [-0.4, -0.2) is 60.6 Å². The van der Waals surface area contributed by atoms with Crippen LogP contribution in [0.25, 0.3) is 0 Å². The average Bonchev–Trinajstić information content (AvgIpc) is 3.52. The van der Waals surface area contributed by atoms with Gasteiger partial charge in [-0.25, -0.2) is 0 Å². The Bertz CT molecular complexity index is 1790. The SMILES string of the molecule is C[C@H]1[C@H]([Si](C)(C)O)[C@@H](CC(=O)N(CCO)Cc2ccccc2)O[C@]12C(=O)N(Cc1ccccc1)c1ccc(N(C=O)c3ccccc3)cc12. The molecular weight excluding hydrogens is 635 g/mol. The van der Waals surface area contributed by atoms with Crippen LogP contribution >= 0.6 is 0 Å². The monoisotopic (exact) mass is 677 g/mol. The normalized spacial score (nSPS) is 21.5. The van der Waals surface area contributed by atoms with Gasteiger partial charge in [-0.05, 0) is 54.6 Å². The van der Waals surface area contributed by atoms with Crippen LogP contribution in [0, 0.1) is 5.92 Å². The summed E-state index contributed by atoms with van der Waals surface area (Å²) in [6.07, 6.45) is -0.0800. The highest BCUT2D eigenvalue weighted by Gasteiger charge is 2.66. The van der Waals surface area contributed by atoms with Gasteiger partial charge >= 0.3 is 0 Å². The maximum Gasteiger partial charge on any atom is 0.264 e. The molecule has 0 aromatic heterocycles. The molecule has 4 aromatic carbocycles. The zero-order chi connectivity index (χ0) is 34.8. The largest absolute Gasteiger partial charge is 0.432 e. The summed E-state index contributed by atoms with van der Waals surface area (Å²) in [4.78, 5) is 58.0. The van der Waals surface area contributed by atoms with E-state index in [1.54, 1.807) is 9.80 Å². The van der Waals surface area contributed by atoms with E-state index in [1.807, 2.05) is 129 Å². The molecule has 10 heteroatoms. The fourth-order valence-corrected chi connectivity index (χ4v) is 10.3. The number of nitrogens with zero attached hydrogens (tertiary/aromatic N) is 3. The molecule has 49 heavy (non-hydrogen) atoms. The smallest absolute Gasteiger partial charge is 0.264 e. The molecule has 1 spiro atoms. The van der Waals surface area contributed by atoms with Crippen LogP contribution in [0.4, 0.5) is 17.1 Å². The van der Waals surface area contributed by atoms with Crippen molar-refractivity contribution in [1.82, 2.24) is 4.90 Å². The number of aliphatic hydroxyl groups excluding tert-OH is 1. The number of fused-ring (bicyclic) bond motifs is 2. The van der Waals surface area contributed by atoms with E-state index in [4.69, 9.17) is 4.74 Å². The minimum Gasteiger partial charge on any atom is -0.432 e. The molecule has 0 aliphatic carbocycles. The van der Waals surface area contributed by atoms with E-state index >= 15 is 0 Å². The van der Waals surface area contributed by atoms with Gasteiger partial charge in [0.15, 0.2) is 13.9 Å². The van der Waals surface area contributed by atoms with Gasteiger partial charge in [-0.1, -0.05) is 85.8 Å². The van der Waals surface area contributed by atoms with Crippen LogP contribution < -0.4 is 9.80 Å². The molecule has 2 N–H and O–H groups in total. The summed E-state index contributed by atoms with van der Waals surface area (Å²) in [6, 6.07) is 34.1. The predicted octanol–water partition coefficient (Wildman–Crippen LogP) is 5.74. The molecule has 0 bridgehead atoms. The van der Waals surface area contributed by atoms with Gasteiger partial charge in [-0.3, -0.25) is 19.3 Å². The summed E-state index contributed by atoms with van der Waals surface area (Å²) < 4.78 is 6.96. The topological polar surface area (TPSA) is 111 Å². The molecule has 9 nitrogen and oxygen atoms in total. The van der Waals surface area contributed by atoms with Gasteiger partial charge < -0.3 is 24.4 Å². The molecule has 254 valence electrons. The molecule has 0 saturated carbocycles. The van der Waals surface area contributed by atoms with Crippen LogP contribution in [0.2, 0.25) is 18.6 Å². The highest BCUT2D eigenvalue weighted by Crippen LogP contribution is 2.60. The fraction of sp³-hybridized carbons (Fsp3) is 0.308. The first-order chi connectivity index (χ1) is 23.6. The van der Waals surface area contributed by atoms with Crippen molar-refractivity contribution in [3.05, 3.63) is 126 Å². The number of benzene rings is 4. The molecule has 2 heterocycles. The number of rotatable bonds is 12. The van der Waals surface area contributed by atoms with Gasteiger partial charge in [0.25, 0.3) is 5.91 Å². The van der Waals surface area contributed by atoms with Crippen molar-refractivity contribution >= 4 is 43.6 Å². The summed E-state index contributed by atoms with van der Waals surface area (Å²) in [5.74, 6) is -0.990. The Balaban J connectivity index is 1.42. The predicted molar refractivity (Wildman–Crippen MR) is 191 cm³/mol. The zero-order valence-corrected chi connectivity index (χ0v) is 29.1. The quantitative estimate of drug-likeness (QED) is 0.146. The van der Waals surface area contributed by atoms with E-state index in [9.17, 15) is 24.3 Å². The lowest BCUT2D eigenvalue weighted by atomic mass is 9.82. The highest BCUT2D eigenvalue weighted by molar-refractivity contribution is 6.71. The minimum atomic E-state index is -3.06. The number of hydrogen-bond acceptors (Lipinski definition) is 6. The molecule has 4 aromatic rings. The molecule has 0 radical (unpaired) electrons. The van der Waals surface area contributed by atoms with Crippen LogP contribution in [-0.2, 0) is 37.8 Å². The van der Waals surface area contributed by atoms with E-state index in [1.165, 1.54) is 4.90 Å². The number of carbonyl (C=O) groups excluding carboxylic acids is 3. The summed E-state index contributed by atoms with van der Waals surface area (Å²) in [5, 5.41) is 9.85. The second-order valence-electron chi connectivity index (χ2n) is 13.5. The van der Waals surface area contributed by atoms with Crippen LogP contribution in [0.1, 0.15) is 30.0 Å². The number of anilines is 3. The van der Waals surface area contributed by atoms with Gasteiger partial charge in [0.2, 0.25) is 12.3 Å². The standard InChI is InChI=1S/C39H43N3O6Si/c1-28-37(49(2,3)47)35(24-36(45)40(21-22-43)25-29-13-7-4-8-14-29)48-39(28)33-23-32(42(27-44)31-17-11-6-12-18-31)19-20-34(33)41(38(39)46)26-30-15-9-5-10-16-30/h4-20,23,27-28,35,37,43,47H,21-22,24-26H2,1-3H3/t28-,35+,37-,39+/m0/s1.